The summed E-state index contributed by atoms with van der Waals surface area (Å²) in [4.78, 5) is 26.5. The molecule has 2 saturated heterocycles. The summed E-state index contributed by atoms with van der Waals surface area (Å²) in [6, 6.07) is 6.98. The van der Waals surface area contributed by atoms with Crippen LogP contribution in [-0.4, -0.2) is 37.0 Å². The van der Waals surface area contributed by atoms with Gasteiger partial charge in [0.25, 0.3) is 5.91 Å². The van der Waals surface area contributed by atoms with Crippen molar-refractivity contribution in [2.75, 3.05) is 26.2 Å². The van der Waals surface area contributed by atoms with Crippen LogP contribution in [0.15, 0.2) is 37.9 Å². The van der Waals surface area contributed by atoms with Crippen LogP contribution in [0.3, 0.4) is 0 Å². The number of nitrogens with one attached hydrogen (secondary N) is 1. The number of hydrogen-bond donors (Lipinski definition) is 1. The molecule has 0 bridgehead atoms. The van der Waals surface area contributed by atoms with Gasteiger partial charge in [0.2, 0.25) is 0 Å². The number of rotatable bonds is 1. The van der Waals surface area contributed by atoms with Gasteiger partial charge in [-0.1, -0.05) is 15.9 Å². The lowest BCUT2D eigenvalue weighted by atomic mass is 9.72. The van der Waals surface area contributed by atoms with Crippen LogP contribution in [0.25, 0.3) is 10.8 Å². The minimum Gasteiger partial charge on any atom is -0.417 e. The summed E-state index contributed by atoms with van der Waals surface area (Å²) >= 11 is 3.39. The Labute approximate surface area is 141 Å². The van der Waals surface area contributed by atoms with Crippen LogP contribution >= 0.6 is 15.9 Å². The maximum absolute atomic E-state index is 12.6. The minimum absolute atomic E-state index is 0.129. The summed E-state index contributed by atoms with van der Waals surface area (Å²) in [5.41, 5.74) is -0.198. The average molecular weight is 377 g/mol. The van der Waals surface area contributed by atoms with Gasteiger partial charge in [0.05, 0.1) is 5.39 Å². The topological polar surface area (TPSA) is 62.6 Å². The molecule has 0 saturated carbocycles. The Hall–Kier alpha value is -1.66. The molecule has 2 fully saturated rings. The van der Waals surface area contributed by atoms with Crippen LogP contribution in [-0.2, 0) is 0 Å². The van der Waals surface area contributed by atoms with Crippen LogP contribution in [0.4, 0.5) is 0 Å². The van der Waals surface area contributed by atoms with E-state index in [2.05, 4.69) is 21.2 Å². The fraction of sp³-hybridized carbons (Fsp3) is 0.412. The molecule has 1 spiro atoms. The van der Waals surface area contributed by atoms with Crippen LogP contribution in [0.5, 0.6) is 0 Å². The molecule has 0 radical (unpaired) electrons. The maximum atomic E-state index is 12.6. The molecule has 1 N–H and O–H groups in total. The van der Waals surface area contributed by atoms with Gasteiger partial charge < -0.3 is 14.6 Å². The third-order valence-electron chi connectivity index (χ3n) is 4.94. The third kappa shape index (κ3) is 2.60. The van der Waals surface area contributed by atoms with Gasteiger partial charge >= 0.3 is 5.63 Å². The van der Waals surface area contributed by atoms with E-state index in [4.69, 9.17) is 4.42 Å². The Balaban J connectivity index is 1.60. The lowest BCUT2D eigenvalue weighted by Crippen LogP contribution is -2.61. The van der Waals surface area contributed by atoms with E-state index in [1.165, 1.54) is 0 Å². The summed E-state index contributed by atoms with van der Waals surface area (Å²) < 4.78 is 6.12. The SMILES string of the molecule is O=C(c1cc2cc(Br)ccc2c(=O)o1)N1CC2(CCNCC2)C1. The molecule has 2 aliphatic rings. The molecule has 4 rings (SSSR count). The van der Waals surface area contributed by atoms with Crippen molar-refractivity contribution in [3.8, 4) is 0 Å². The largest absolute Gasteiger partial charge is 0.417 e. The molecule has 1 aromatic heterocycles. The molecule has 0 atom stereocenters. The van der Waals surface area contributed by atoms with E-state index in [-0.39, 0.29) is 17.1 Å². The standard InChI is InChI=1S/C17H17BrN2O3/c18-12-1-2-13-11(7-12)8-14(23-16(13)22)15(21)20-9-17(10-20)3-5-19-6-4-17/h1-2,7-8,19H,3-6,9-10H2. The summed E-state index contributed by atoms with van der Waals surface area (Å²) in [6.45, 7) is 3.55. The van der Waals surface area contributed by atoms with E-state index in [1.54, 1.807) is 23.1 Å². The van der Waals surface area contributed by atoms with Crippen molar-refractivity contribution in [3.63, 3.8) is 0 Å². The fourth-order valence-electron chi connectivity index (χ4n) is 3.61. The van der Waals surface area contributed by atoms with Crippen molar-refractivity contribution >= 4 is 32.6 Å². The Bertz CT molecular complexity index is 831. The number of hydrogen-bond acceptors (Lipinski definition) is 4. The van der Waals surface area contributed by atoms with E-state index >= 15 is 0 Å². The number of carbonyl (C=O) groups is 1. The lowest BCUT2D eigenvalue weighted by molar-refractivity contribution is -0.0134. The van der Waals surface area contributed by atoms with Crippen molar-refractivity contribution in [2.45, 2.75) is 12.8 Å². The zero-order chi connectivity index (χ0) is 16.0. The number of nitrogens with zero attached hydrogens (tertiary/aromatic N) is 1. The van der Waals surface area contributed by atoms with E-state index in [1.807, 2.05) is 6.07 Å². The number of benzene rings is 1. The molecule has 6 heteroatoms. The highest BCUT2D eigenvalue weighted by Gasteiger charge is 2.46. The zero-order valence-corrected chi connectivity index (χ0v) is 14.2. The fourth-order valence-corrected chi connectivity index (χ4v) is 3.98. The molecule has 3 heterocycles. The predicted molar refractivity (Wildman–Crippen MR) is 90.6 cm³/mol. The lowest BCUT2D eigenvalue weighted by Gasteiger charge is -2.52. The highest BCUT2D eigenvalue weighted by Crippen LogP contribution is 2.39. The second-order valence-electron chi connectivity index (χ2n) is 6.54. The molecule has 5 nitrogen and oxygen atoms in total. The van der Waals surface area contributed by atoms with E-state index in [0.29, 0.717) is 5.39 Å². The third-order valence-corrected chi connectivity index (χ3v) is 5.43. The number of amides is 1. The highest BCUT2D eigenvalue weighted by molar-refractivity contribution is 9.10. The summed E-state index contributed by atoms with van der Waals surface area (Å²) in [7, 11) is 0. The maximum Gasteiger partial charge on any atom is 0.344 e. The van der Waals surface area contributed by atoms with Crippen molar-refractivity contribution in [1.82, 2.24) is 10.2 Å². The Kier molecular flexibility index (Phi) is 3.54. The summed E-state index contributed by atoms with van der Waals surface area (Å²) in [5, 5.41) is 4.56. The number of likely N-dealkylation sites (tertiary alicyclic amines) is 1. The van der Waals surface area contributed by atoms with Crippen LogP contribution in [0, 0.1) is 5.41 Å². The van der Waals surface area contributed by atoms with Crippen LogP contribution in [0.1, 0.15) is 23.4 Å². The molecule has 1 aromatic carbocycles. The van der Waals surface area contributed by atoms with Crippen molar-refractivity contribution < 1.29 is 9.21 Å². The Morgan fingerprint density at radius 1 is 1.22 bits per heavy atom. The smallest absolute Gasteiger partial charge is 0.344 e. The number of piperidine rings is 1. The van der Waals surface area contributed by atoms with Gasteiger partial charge in [0, 0.05) is 23.0 Å². The average Bonchev–Trinajstić information content (AvgIpc) is 2.52. The second kappa shape index (κ2) is 5.46. The van der Waals surface area contributed by atoms with Crippen molar-refractivity contribution in [3.05, 3.63) is 44.9 Å². The first-order chi connectivity index (χ1) is 11.1. The predicted octanol–water partition coefficient (Wildman–Crippen LogP) is 2.38. The molecule has 23 heavy (non-hydrogen) atoms. The first kappa shape index (κ1) is 14.9. The van der Waals surface area contributed by atoms with Gasteiger partial charge in [0.15, 0.2) is 5.76 Å². The van der Waals surface area contributed by atoms with Crippen molar-refractivity contribution in [1.29, 1.82) is 0 Å². The normalized spacial score (nSPS) is 19.8. The minimum atomic E-state index is -0.463. The van der Waals surface area contributed by atoms with Gasteiger partial charge in [-0.2, -0.15) is 0 Å². The zero-order valence-electron chi connectivity index (χ0n) is 12.6. The Morgan fingerprint density at radius 2 is 1.96 bits per heavy atom. The molecule has 2 aromatic rings. The van der Waals surface area contributed by atoms with Gasteiger partial charge in [-0.15, -0.1) is 0 Å². The van der Waals surface area contributed by atoms with E-state index < -0.39 is 5.63 Å². The molecule has 0 aliphatic carbocycles. The van der Waals surface area contributed by atoms with Crippen LogP contribution in [0.2, 0.25) is 0 Å². The van der Waals surface area contributed by atoms with Gasteiger partial charge in [-0.25, -0.2) is 4.79 Å². The first-order valence-corrected chi connectivity index (χ1v) is 8.59. The number of fused-ring (bicyclic) bond motifs is 1. The van der Waals surface area contributed by atoms with Gasteiger partial charge in [0.1, 0.15) is 0 Å². The number of carbonyl (C=O) groups excluding carboxylic acids is 1. The van der Waals surface area contributed by atoms with Crippen molar-refractivity contribution in [2.24, 2.45) is 5.41 Å². The van der Waals surface area contributed by atoms with Crippen LogP contribution < -0.4 is 10.9 Å². The monoisotopic (exact) mass is 376 g/mol. The molecule has 120 valence electrons. The Morgan fingerprint density at radius 3 is 2.70 bits per heavy atom. The molecule has 1 amide bonds. The van der Waals surface area contributed by atoms with E-state index in [0.717, 1.165) is 48.9 Å². The highest BCUT2D eigenvalue weighted by atomic mass is 79.9. The summed E-state index contributed by atoms with van der Waals surface area (Å²) in [5.74, 6) is -0.0579. The molecular weight excluding hydrogens is 360 g/mol. The second-order valence-corrected chi connectivity index (χ2v) is 7.46. The summed E-state index contributed by atoms with van der Waals surface area (Å²) in [6.07, 6.45) is 2.21. The molecule has 2 aliphatic heterocycles. The quantitative estimate of drug-likeness (QED) is 0.829. The molecule has 0 unspecified atom stereocenters. The first-order valence-electron chi connectivity index (χ1n) is 7.80. The van der Waals surface area contributed by atoms with E-state index in [9.17, 15) is 9.59 Å². The van der Waals surface area contributed by atoms with Gasteiger partial charge in [-0.3, -0.25) is 4.79 Å². The molecular formula is C17H17BrN2O3. The number of halogens is 1. The van der Waals surface area contributed by atoms with Gasteiger partial charge in [-0.05, 0) is 55.6 Å².